The van der Waals surface area contributed by atoms with E-state index in [4.69, 9.17) is 16.7 Å². The lowest BCUT2D eigenvalue weighted by Gasteiger charge is -2.26. The van der Waals surface area contributed by atoms with E-state index in [0.717, 1.165) is 12.8 Å². The van der Waals surface area contributed by atoms with E-state index in [9.17, 15) is 0 Å². The van der Waals surface area contributed by atoms with Crippen LogP contribution in [-0.4, -0.2) is 21.4 Å². The minimum absolute atomic E-state index is 0.00189. The van der Waals surface area contributed by atoms with Gasteiger partial charge in [-0.05, 0) is 25.3 Å². The van der Waals surface area contributed by atoms with Crippen molar-refractivity contribution in [3.05, 3.63) is 35.9 Å². The molecule has 1 aromatic rings. The summed E-state index contributed by atoms with van der Waals surface area (Å²) in [6, 6.07) is 10.3. The van der Waals surface area contributed by atoms with Crippen LogP contribution in [0.4, 0.5) is 0 Å². The van der Waals surface area contributed by atoms with E-state index in [1.165, 1.54) is 5.56 Å². The summed E-state index contributed by atoms with van der Waals surface area (Å²) in [6.45, 7) is 2.02. The van der Waals surface area contributed by atoms with E-state index in [1.54, 1.807) is 0 Å². The molecule has 0 radical (unpaired) electrons. The maximum Gasteiger partial charge on any atom is 0.0717 e. The summed E-state index contributed by atoms with van der Waals surface area (Å²) in [5, 5.41) is 8.76. The van der Waals surface area contributed by atoms with Crippen molar-refractivity contribution in [3.8, 4) is 0 Å². The Balaban J connectivity index is 2.49. The number of aliphatic hydroxyl groups is 1. The first kappa shape index (κ1) is 13.0. The molecular weight excluding hydrogens is 275 g/mol. The maximum absolute atomic E-state index is 9.01. The fourth-order valence-electron chi connectivity index (χ4n) is 1.38. The highest BCUT2D eigenvalue weighted by atomic mass is 79.9. The Labute approximate surface area is 105 Å². The van der Waals surface area contributed by atoms with Gasteiger partial charge in [-0.15, -0.1) is 11.6 Å². The van der Waals surface area contributed by atoms with Crippen LogP contribution in [0.3, 0.4) is 0 Å². The average molecular weight is 292 g/mol. The second-order valence-corrected chi connectivity index (χ2v) is 6.25. The van der Waals surface area contributed by atoms with Crippen LogP contribution in [0.15, 0.2) is 30.3 Å². The van der Waals surface area contributed by atoms with E-state index < -0.39 is 0 Å². The van der Waals surface area contributed by atoms with Crippen LogP contribution in [0.25, 0.3) is 0 Å². The number of hydrogen-bond acceptors (Lipinski definition) is 1. The molecular formula is C12H16BrClO. The van der Waals surface area contributed by atoms with Crippen LogP contribution in [0.2, 0.25) is 0 Å². The zero-order valence-corrected chi connectivity index (χ0v) is 11.1. The molecule has 84 valence electrons. The highest BCUT2D eigenvalue weighted by molar-refractivity contribution is 9.10. The van der Waals surface area contributed by atoms with Gasteiger partial charge in [-0.1, -0.05) is 46.3 Å². The summed E-state index contributed by atoms with van der Waals surface area (Å²) in [5.74, 6) is 0. The zero-order chi connectivity index (χ0) is 11.3. The number of aryl methyl sites for hydroxylation is 1. The molecule has 0 saturated heterocycles. The SMILES string of the molecule is C[C@](Br)(CCc1ccccc1)C(Cl)CO. The molecule has 0 aliphatic heterocycles. The molecule has 0 aliphatic carbocycles. The molecule has 1 nitrogen and oxygen atoms in total. The highest BCUT2D eigenvalue weighted by Crippen LogP contribution is 2.31. The number of benzene rings is 1. The number of halogens is 2. The van der Waals surface area contributed by atoms with Crippen LogP contribution < -0.4 is 0 Å². The number of rotatable bonds is 5. The third-order valence-corrected chi connectivity index (χ3v) is 4.39. The molecule has 0 fully saturated rings. The number of hydrogen-bond donors (Lipinski definition) is 1. The number of alkyl halides is 2. The van der Waals surface area contributed by atoms with Gasteiger partial charge >= 0.3 is 0 Å². The molecule has 0 spiro atoms. The van der Waals surface area contributed by atoms with Gasteiger partial charge in [-0.3, -0.25) is 0 Å². The summed E-state index contributed by atoms with van der Waals surface area (Å²) < 4.78 is -0.209. The van der Waals surface area contributed by atoms with Crippen molar-refractivity contribution >= 4 is 27.5 Å². The van der Waals surface area contributed by atoms with Gasteiger partial charge in [0.2, 0.25) is 0 Å². The van der Waals surface area contributed by atoms with Crippen molar-refractivity contribution in [2.75, 3.05) is 6.61 Å². The lowest BCUT2D eigenvalue weighted by Crippen LogP contribution is -2.32. The molecule has 0 aromatic heterocycles. The minimum atomic E-state index is -0.249. The van der Waals surface area contributed by atoms with Crippen molar-refractivity contribution in [1.29, 1.82) is 0 Å². The first-order valence-corrected chi connectivity index (χ1v) is 6.27. The Morgan fingerprint density at radius 3 is 2.53 bits per heavy atom. The van der Waals surface area contributed by atoms with Gasteiger partial charge in [-0.25, -0.2) is 0 Å². The molecule has 0 aliphatic rings. The fourth-order valence-corrected chi connectivity index (χ4v) is 1.83. The Morgan fingerprint density at radius 1 is 1.40 bits per heavy atom. The predicted octanol–water partition coefficient (Wildman–Crippen LogP) is 3.37. The summed E-state index contributed by atoms with van der Waals surface area (Å²) in [5.41, 5.74) is 1.30. The molecule has 0 saturated carbocycles. The van der Waals surface area contributed by atoms with Crippen molar-refractivity contribution in [2.45, 2.75) is 29.5 Å². The molecule has 1 rings (SSSR count). The predicted molar refractivity (Wildman–Crippen MR) is 68.8 cm³/mol. The van der Waals surface area contributed by atoms with E-state index >= 15 is 0 Å². The molecule has 15 heavy (non-hydrogen) atoms. The summed E-state index contributed by atoms with van der Waals surface area (Å²) >= 11 is 9.60. The van der Waals surface area contributed by atoms with E-state index in [0.29, 0.717) is 0 Å². The quantitative estimate of drug-likeness (QED) is 0.825. The largest absolute Gasteiger partial charge is 0.395 e. The first-order valence-electron chi connectivity index (χ1n) is 5.04. The Morgan fingerprint density at radius 2 is 2.00 bits per heavy atom. The van der Waals surface area contributed by atoms with E-state index in [1.807, 2.05) is 25.1 Å². The normalized spacial score (nSPS) is 17.1. The van der Waals surface area contributed by atoms with Gasteiger partial charge in [0.1, 0.15) is 0 Å². The third-order valence-electron chi connectivity index (χ3n) is 2.56. The standard InChI is InChI=1S/C12H16BrClO/c1-12(13,11(14)9-15)8-7-10-5-3-2-4-6-10/h2-6,11,15H,7-9H2,1H3/t11?,12-/m0/s1. The van der Waals surface area contributed by atoms with Crippen LogP contribution in [0, 0.1) is 0 Å². The fraction of sp³-hybridized carbons (Fsp3) is 0.500. The first-order chi connectivity index (χ1) is 7.06. The van der Waals surface area contributed by atoms with Gasteiger partial charge in [0.15, 0.2) is 0 Å². The van der Waals surface area contributed by atoms with Crippen molar-refractivity contribution in [1.82, 2.24) is 0 Å². The lowest BCUT2D eigenvalue weighted by atomic mass is 9.98. The Bertz CT molecular complexity index is 287. The van der Waals surface area contributed by atoms with E-state index in [2.05, 4.69) is 28.1 Å². The van der Waals surface area contributed by atoms with Crippen LogP contribution in [-0.2, 0) is 6.42 Å². The van der Waals surface area contributed by atoms with Crippen molar-refractivity contribution in [2.24, 2.45) is 0 Å². The average Bonchev–Trinajstić information content (AvgIpc) is 2.27. The van der Waals surface area contributed by atoms with Crippen LogP contribution >= 0.6 is 27.5 Å². The summed E-state index contributed by atoms with van der Waals surface area (Å²) in [7, 11) is 0. The number of aliphatic hydroxyl groups excluding tert-OH is 1. The van der Waals surface area contributed by atoms with Crippen LogP contribution in [0.1, 0.15) is 18.9 Å². The molecule has 1 aromatic carbocycles. The zero-order valence-electron chi connectivity index (χ0n) is 8.79. The second kappa shape index (κ2) is 5.88. The molecule has 0 amide bonds. The second-order valence-electron chi connectivity index (χ2n) is 3.91. The molecule has 3 heteroatoms. The maximum atomic E-state index is 9.01. The highest BCUT2D eigenvalue weighted by Gasteiger charge is 2.28. The summed E-state index contributed by atoms with van der Waals surface area (Å²) in [4.78, 5) is 0. The summed E-state index contributed by atoms with van der Waals surface area (Å²) in [6.07, 6.45) is 1.87. The molecule has 2 atom stereocenters. The Kier molecular flexibility index (Phi) is 5.10. The molecule has 0 heterocycles. The van der Waals surface area contributed by atoms with E-state index in [-0.39, 0.29) is 16.3 Å². The molecule has 1 N–H and O–H groups in total. The van der Waals surface area contributed by atoms with Gasteiger partial charge < -0.3 is 5.11 Å². The molecule has 0 bridgehead atoms. The monoisotopic (exact) mass is 290 g/mol. The molecule has 1 unspecified atom stereocenters. The van der Waals surface area contributed by atoms with Gasteiger partial charge in [0.05, 0.1) is 12.0 Å². The van der Waals surface area contributed by atoms with Gasteiger partial charge in [-0.2, -0.15) is 0 Å². The van der Waals surface area contributed by atoms with Crippen molar-refractivity contribution in [3.63, 3.8) is 0 Å². The minimum Gasteiger partial charge on any atom is -0.395 e. The van der Waals surface area contributed by atoms with Gasteiger partial charge in [0.25, 0.3) is 0 Å². The Hall–Kier alpha value is -0.0500. The van der Waals surface area contributed by atoms with Gasteiger partial charge in [0, 0.05) is 4.32 Å². The van der Waals surface area contributed by atoms with Crippen LogP contribution in [0.5, 0.6) is 0 Å². The smallest absolute Gasteiger partial charge is 0.0717 e. The lowest BCUT2D eigenvalue weighted by molar-refractivity contribution is 0.274. The van der Waals surface area contributed by atoms with Crippen molar-refractivity contribution < 1.29 is 5.11 Å². The third kappa shape index (κ3) is 4.13. The topological polar surface area (TPSA) is 20.2 Å².